The number of hydrogen-bond donors (Lipinski definition) is 1. The van der Waals surface area contributed by atoms with E-state index in [0.717, 1.165) is 6.07 Å². The summed E-state index contributed by atoms with van der Waals surface area (Å²) in [7, 11) is 1.36. The fraction of sp³-hybridized carbons (Fsp3) is 0.167. The molecule has 0 atom stereocenters. The summed E-state index contributed by atoms with van der Waals surface area (Å²) < 4.78 is 18.8. The molecular formula is C12H9BrFNO3. The Bertz CT molecular complexity index is 658. The van der Waals surface area contributed by atoms with Gasteiger partial charge in [-0.25, -0.2) is 14.2 Å². The van der Waals surface area contributed by atoms with Crippen molar-refractivity contribution in [2.24, 2.45) is 0 Å². The van der Waals surface area contributed by atoms with Crippen molar-refractivity contribution in [1.82, 2.24) is 4.98 Å². The number of ether oxygens (including phenoxy) is 1. The molecule has 0 aliphatic heterocycles. The number of carboxylic acids is 1. The molecule has 6 heteroatoms. The fourth-order valence-corrected chi connectivity index (χ4v) is 2.37. The van der Waals surface area contributed by atoms with Gasteiger partial charge in [-0.05, 0) is 35.0 Å². The molecule has 1 aromatic carbocycles. The van der Waals surface area contributed by atoms with Gasteiger partial charge in [0, 0.05) is 9.86 Å². The molecule has 0 aliphatic rings. The van der Waals surface area contributed by atoms with E-state index in [1.165, 1.54) is 13.2 Å². The van der Waals surface area contributed by atoms with Crippen LogP contribution in [0.15, 0.2) is 16.6 Å². The van der Waals surface area contributed by atoms with Gasteiger partial charge in [-0.15, -0.1) is 0 Å². The van der Waals surface area contributed by atoms with Crippen molar-refractivity contribution in [3.05, 3.63) is 33.7 Å². The summed E-state index contributed by atoms with van der Waals surface area (Å²) in [6.45, 7) is 1.64. The van der Waals surface area contributed by atoms with Gasteiger partial charge >= 0.3 is 5.97 Å². The monoisotopic (exact) mass is 313 g/mol. The first-order valence-electron chi connectivity index (χ1n) is 5.02. The largest absolute Gasteiger partial charge is 0.494 e. The van der Waals surface area contributed by atoms with E-state index in [1.807, 2.05) is 0 Å². The Hall–Kier alpha value is -1.69. The summed E-state index contributed by atoms with van der Waals surface area (Å²) in [6.07, 6.45) is 0. The highest BCUT2D eigenvalue weighted by Gasteiger charge is 2.21. The second-order valence-corrected chi connectivity index (χ2v) is 4.55. The van der Waals surface area contributed by atoms with Crippen LogP contribution in [0.4, 0.5) is 4.39 Å². The lowest BCUT2D eigenvalue weighted by atomic mass is 10.1. The molecule has 0 radical (unpaired) electrons. The van der Waals surface area contributed by atoms with Gasteiger partial charge in [0.15, 0.2) is 5.75 Å². The Morgan fingerprint density at radius 3 is 2.72 bits per heavy atom. The van der Waals surface area contributed by atoms with E-state index >= 15 is 0 Å². The Labute approximate surface area is 111 Å². The average Bonchev–Trinajstić information content (AvgIpc) is 2.28. The number of aromatic carboxylic acids is 1. The molecule has 0 amide bonds. The SMILES string of the molecule is COc1c(C)nc2c(Br)cc(F)cc2c1C(=O)O. The van der Waals surface area contributed by atoms with Crippen LogP contribution in [-0.4, -0.2) is 23.2 Å². The molecule has 0 aliphatic carbocycles. The van der Waals surface area contributed by atoms with Crippen molar-refractivity contribution >= 4 is 32.8 Å². The number of nitrogens with zero attached hydrogens (tertiary/aromatic N) is 1. The number of aryl methyl sites for hydroxylation is 1. The van der Waals surface area contributed by atoms with Crippen LogP contribution < -0.4 is 4.74 Å². The van der Waals surface area contributed by atoms with Gasteiger partial charge < -0.3 is 9.84 Å². The van der Waals surface area contributed by atoms with Gasteiger partial charge in [0.1, 0.15) is 11.4 Å². The number of pyridine rings is 1. The molecule has 4 nitrogen and oxygen atoms in total. The highest BCUT2D eigenvalue weighted by Crippen LogP contribution is 2.33. The van der Waals surface area contributed by atoms with Crippen molar-refractivity contribution in [2.75, 3.05) is 7.11 Å². The molecule has 18 heavy (non-hydrogen) atoms. The van der Waals surface area contributed by atoms with Crippen LogP contribution in [0.5, 0.6) is 5.75 Å². The normalized spacial score (nSPS) is 10.7. The van der Waals surface area contributed by atoms with Crippen LogP contribution >= 0.6 is 15.9 Å². The van der Waals surface area contributed by atoms with Crippen LogP contribution in [0.2, 0.25) is 0 Å². The summed E-state index contributed by atoms with van der Waals surface area (Å²) >= 11 is 3.18. The van der Waals surface area contributed by atoms with Crippen molar-refractivity contribution in [1.29, 1.82) is 0 Å². The van der Waals surface area contributed by atoms with E-state index in [1.54, 1.807) is 6.92 Å². The number of benzene rings is 1. The van der Waals surface area contributed by atoms with Crippen LogP contribution in [0, 0.1) is 12.7 Å². The molecule has 0 saturated heterocycles. The third-order valence-corrected chi connectivity index (χ3v) is 3.16. The van der Waals surface area contributed by atoms with Gasteiger partial charge in [-0.1, -0.05) is 0 Å². The Morgan fingerprint density at radius 1 is 1.50 bits per heavy atom. The number of fused-ring (bicyclic) bond motifs is 1. The zero-order valence-electron chi connectivity index (χ0n) is 9.62. The molecule has 0 bridgehead atoms. The third kappa shape index (κ3) is 1.92. The lowest BCUT2D eigenvalue weighted by molar-refractivity contribution is 0.0695. The molecule has 2 rings (SSSR count). The first-order valence-corrected chi connectivity index (χ1v) is 5.81. The molecule has 0 fully saturated rings. The van der Waals surface area contributed by atoms with E-state index in [0.29, 0.717) is 15.7 Å². The van der Waals surface area contributed by atoms with Crippen LogP contribution in [0.3, 0.4) is 0 Å². The van der Waals surface area contributed by atoms with E-state index < -0.39 is 11.8 Å². The average molecular weight is 314 g/mol. The second-order valence-electron chi connectivity index (χ2n) is 3.69. The van der Waals surface area contributed by atoms with Crippen LogP contribution in [0.1, 0.15) is 16.1 Å². The highest BCUT2D eigenvalue weighted by molar-refractivity contribution is 9.10. The van der Waals surface area contributed by atoms with E-state index in [9.17, 15) is 14.3 Å². The molecule has 94 valence electrons. The number of carbonyl (C=O) groups is 1. The molecular weight excluding hydrogens is 305 g/mol. The quantitative estimate of drug-likeness (QED) is 0.925. The van der Waals surface area contributed by atoms with Crippen molar-refractivity contribution in [3.63, 3.8) is 0 Å². The minimum atomic E-state index is -1.18. The van der Waals surface area contributed by atoms with E-state index in [-0.39, 0.29) is 16.7 Å². The summed E-state index contributed by atoms with van der Waals surface area (Å²) in [4.78, 5) is 15.6. The van der Waals surface area contributed by atoms with Gasteiger partial charge in [-0.2, -0.15) is 0 Å². The second kappa shape index (κ2) is 4.53. The molecule has 1 N–H and O–H groups in total. The Balaban J connectivity index is 3.01. The minimum Gasteiger partial charge on any atom is -0.494 e. The van der Waals surface area contributed by atoms with Crippen LogP contribution in [0.25, 0.3) is 10.9 Å². The number of rotatable bonds is 2. The number of carboxylic acid groups (broad SMARTS) is 1. The maximum atomic E-state index is 13.4. The van der Waals surface area contributed by atoms with Gasteiger partial charge in [0.2, 0.25) is 0 Å². The fourth-order valence-electron chi connectivity index (χ4n) is 1.85. The molecule has 2 aromatic rings. The molecule has 1 heterocycles. The first kappa shape index (κ1) is 12.8. The summed E-state index contributed by atoms with van der Waals surface area (Å²) in [5.74, 6) is -1.57. The topological polar surface area (TPSA) is 59.4 Å². The number of halogens is 2. The molecule has 0 unspecified atom stereocenters. The van der Waals surface area contributed by atoms with Gasteiger partial charge in [0.25, 0.3) is 0 Å². The molecule has 0 saturated carbocycles. The number of aromatic nitrogens is 1. The van der Waals surface area contributed by atoms with Crippen molar-refractivity contribution in [3.8, 4) is 5.75 Å². The summed E-state index contributed by atoms with van der Waals surface area (Å²) in [6, 6.07) is 2.38. The third-order valence-electron chi connectivity index (χ3n) is 2.55. The smallest absolute Gasteiger partial charge is 0.340 e. The zero-order chi connectivity index (χ0) is 13.4. The zero-order valence-corrected chi connectivity index (χ0v) is 11.2. The Morgan fingerprint density at radius 2 is 2.17 bits per heavy atom. The van der Waals surface area contributed by atoms with Gasteiger partial charge in [-0.3, -0.25) is 0 Å². The highest BCUT2D eigenvalue weighted by atomic mass is 79.9. The minimum absolute atomic E-state index is 0.0831. The van der Waals surface area contributed by atoms with E-state index in [2.05, 4.69) is 20.9 Å². The van der Waals surface area contributed by atoms with Crippen molar-refractivity contribution in [2.45, 2.75) is 6.92 Å². The maximum Gasteiger partial charge on any atom is 0.340 e. The predicted octanol–water partition coefficient (Wildman–Crippen LogP) is 3.15. The van der Waals surface area contributed by atoms with Gasteiger partial charge in [0.05, 0.1) is 18.3 Å². The standard InChI is InChI=1S/C12H9BrFNO3/c1-5-11(18-2)9(12(16)17)7-3-6(14)4-8(13)10(7)15-5/h3-4H,1-2H3,(H,16,17). The van der Waals surface area contributed by atoms with E-state index in [4.69, 9.17) is 4.74 Å². The lowest BCUT2D eigenvalue weighted by Crippen LogP contribution is -2.05. The summed E-state index contributed by atoms with van der Waals surface area (Å²) in [5, 5.41) is 9.46. The number of hydrogen-bond acceptors (Lipinski definition) is 3. The first-order chi connectivity index (χ1) is 8.45. The Kier molecular flexibility index (Phi) is 3.21. The lowest BCUT2D eigenvalue weighted by Gasteiger charge is -2.12. The van der Waals surface area contributed by atoms with Crippen LogP contribution in [-0.2, 0) is 0 Å². The predicted molar refractivity (Wildman–Crippen MR) is 67.6 cm³/mol. The maximum absolute atomic E-state index is 13.4. The molecule has 0 spiro atoms. The van der Waals surface area contributed by atoms with Crippen molar-refractivity contribution < 1.29 is 19.0 Å². The number of methoxy groups -OCH3 is 1. The summed E-state index contributed by atoms with van der Waals surface area (Å²) in [5.41, 5.74) is 0.752. The molecule has 1 aromatic heterocycles.